The molecule has 3 aromatic rings. The molecule has 42 heavy (non-hydrogen) atoms. The highest BCUT2D eigenvalue weighted by Crippen LogP contribution is 2.27. The average Bonchev–Trinajstić information content (AvgIpc) is 3.41. The Morgan fingerprint density at radius 2 is 1.95 bits per heavy atom. The quantitative estimate of drug-likeness (QED) is 0.281. The van der Waals surface area contributed by atoms with Crippen LogP contribution in [-0.4, -0.2) is 67.6 Å². The minimum Gasteiger partial charge on any atom is -0.463 e. The molecule has 0 saturated carbocycles. The number of benzene rings is 1. The van der Waals surface area contributed by atoms with E-state index in [1.807, 2.05) is 22.6 Å². The van der Waals surface area contributed by atoms with Gasteiger partial charge in [-0.1, -0.05) is 0 Å². The standard InChI is InChI=1S/C27H30F2IN5O7/c1-27(2,3)42-26(40)34-8-7-14(10-34)25(39)41-12-16(36)11-35-13-31-22-19(23(35)37)21(20(29)24(38)33(22)4)32-18-6-5-15(30)9-17(18)28/h5-6,9,13-14,16,32,36H,7-8,10-12H2,1-4H3. The molecule has 12 nitrogen and oxygen atoms in total. The Hall–Kier alpha value is -3.60. The molecule has 2 unspecified atom stereocenters. The Morgan fingerprint density at radius 3 is 2.62 bits per heavy atom. The lowest BCUT2D eigenvalue weighted by Crippen LogP contribution is -2.36. The molecule has 1 aliphatic rings. The summed E-state index contributed by atoms with van der Waals surface area (Å²) in [6, 6.07) is 4.09. The Morgan fingerprint density at radius 1 is 1.24 bits per heavy atom. The molecule has 0 spiro atoms. The number of amides is 1. The lowest BCUT2D eigenvalue weighted by molar-refractivity contribution is -0.151. The van der Waals surface area contributed by atoms with Crippen LogP contribution in [0, 0.1) is 21.1 Å². The van der Waals surface area contributed by atoms with Gasteiger partial charge in [-0.05, 0) is 68.0 Å². The minimum atomic E-state index is -1.35. The molecule has 2 aromatic heterocycles. The normalized spacial score (nSPS) is 16.0. The van der Waals surface area contributed by atoms with Gasteiger partial charge in [-0.3, -0.25) is 23.5 Å². The molecule has 1 aromatic carbocycles. The van der Waals surface area contributed by atoms with Gasteiger partial charge in [-0.25, -0.2) is 14.2 Å². The summed E-state index contributed by atoms with van der Waals surface area (Å²) in [7, 11) is 1.24. The van der Waals surface area contributed by atoms with Crippen LogP contribution in [0.2, 0.25) is 0 Å². The molecule has 15 heteroatoms. The fourth-order valence-corrected chi connectivity index (χ4v) is 4.86. The van der Waals surface area contributed by atoms with E-state index in [1.54, 1.807) is 26.8 Å². The number of esters is 1. The van der Waals surface area contributed by atoms with E-state index in [-0.39, 0.29) is 29.8 Å². The molecule has 0 bridgehead atoms. The van der Waals surface area contributed by atoms with Gasteiger partial charge in [0.15, 0.2) is 5.65 Å². The highest BCUT2D eigenvalue weighted by atomic mass is 127. The molecular formula is C27H30F2IN5O7. The van der Waals surface area contributed by atoms with Crippen molar-refractivity contribution in [2.75, 3.05) is 25.0 Å². The molecule has 1 aliphatic heterocycles. The molecule has 0 radical (unpaired) electrons. The third kappa shape index (κ3) is 6.88. The highest BCUT2D eigenvalue weighted by Gasteiger charge is 2.34. The van der Waals surface area contributed by atoms with Crippen molar-refractivity contribution in [2.24, 2.45) is 13.0 Å². The second kappa shape index (κ2) is 12.3. The fourth-order valence-electron chi connectivity index (χ4n) is 4.41. The summed E-state index contributed by atoms with van der Waals surface area (Å²) in [4.78, 5) is 56.2. The van der Waals surface area contributed by atoms with Gasteiger partial charge in [0.05, 0.1) is 23.8 Å². The number of nitrogens with zero attached hydrogens (tertiary/aromatic N) is 4. The molecule has 1 amide bonds. The van der Waals surface area contributed by atoms with Gasteiger partial charge in [-0.2, -0.15) is 4.39 Å². The monoisotopic (exact) mass is 701 g/mol. The van der Waals surface area contributed by atoms with Crippen LogP contribution in [0.1, 0.15) is 27.2 Å². The summed E-state index contributed by atoms with van der Waals surface area (Å²) < 4.78 is 42.6. The number of aromatic nitrogens is 3. The Labute approximate surface area is 252 Å². The highest BCUT2D eigenvalue weighted by molar-refractivity contribution is 14.1. The number of halogens is 3. The zero-order valence-electron chi connectivity index (χ0n) is 23.3. The van der Waals surface area contributed by atoms with E-state index in [0.29, 0.717) is 16.5 Å². The number of fused-ring (bicyclic) bond motifs is 1. The number of hydrogen-bond acceptors (Lipinski definition) is 9. The SMILES string of the molecule is Cn1c(=O)c(F)c(Nc2ccc(I)cc2F)c2c(=O)n(CC(O)COC(=O)C3CCN(C(=O)OC(C)(C)C)C3)cnc21. The summed E-state index contributed by atoms with van der Waals surface area (Å²) >= 11 is 1.90. The van der Waals surface area contributed by atoms with Crippen LogP contribution in [0.25, 0.3) is 11.0 Å². The lowest BCUT2D eigenvalue weighted by atomic mass is 10.1. The van der Waals surface area contributed by atoms with Gasteiger partial charge in [0.1, 0.15) is 35.8 Å². The third-order valence-electron chi connectivity index (χ3n) is 6.49. The lowest BCUT2D eigenvalue weighted by Gasteiger charge is -2.24. The number of carbonyl (C=O) groups excluding carboxylic acids is 2. The number of pyridine rings is 1. The maximum atomic E-state index is 15.1. The fraction of sp³-hybridized carbons (Fsp3) is 0.444. The van der Waals surface area contributed by atoms with Crippen molar-refractivity contribution in [3.8, 4) is 0 Å². The van der Waals surface area contributed by atoms with E-state index >= 15 is 4.39 Å². The smallest absolute Gasteiger partial charge is 0.410 e. The summed E-state index contributed by atoms with van der Waals surface area (Å²) in [6.45, 7) is 4.80. The Balaban J connectivity index is 1.49. The van der Waals surface area contributed by atoms with E-state index in [4.69, 9.17) is 9.47 Å². The summed E-state index contributed by atoms with van der Waals surface area (Å²) in [6.07, 6.45) is -0.452. The Kier molecular flexibility index (Phi) is 9.20. The number of hydrogen-bond donors (Lipinski definition) is 2. The number of aliphatic hydroxyl groups excluding tert-OH is 1. The molecule has 2 N–H and O–H groups in total. The van der Waals surface area contributed by atoms with Gasteiger partial charge < -0.3 is 24.8 Å². The van der Waals surface area contributed by atoms with Crippen molar-refractivity contribution in [1.82, 2.24) is 19.0 Å². The number of nitrogens with one attached hydrogen (secondary N) is 1. The molecule has 2 atom stereocenters. The molecule has 1 fully saturated rings. The average molecular weight is 701 g/mol. The maximum absolute atomic E-state index is 15.1. The van der Waals surface area contributed by atoms with Gasteiger partial charge in [-0.15, -0.1) is 0 Å². The minimum absolute atomic E-state index is 0.110. The number of carbonyl (C=O) groups is 2. The number of rotatable bonds is 7. The van der Waals surface area contributed by atoms with Crippen molar-refractivity contribution < 1.29 is 33.0 Å². The van der Waals surface area contributed by atoms with Gasteiger partial charge in [0.2, 0.25) is 5.82 Å². The molecular weight excluding hydrogens is 671 g/mol. The Bertz CT molecular complexity index is 1650. The first-order valence-electron chi connectivity index (χ1n) is 13.0. The van der Waals surface area contributed by atoms with Gasteiger partial charge in [0, 0.05) is 23.7 Å². The predicted molar refractivity (Wildman–Crippen MR) is 156 cm³/mol. The topological polar surface area (TPSA) is 145 Å². The number of aliphatic hydroxyl groups is 1. The van der Waals surface area contributed by atoms with Crippen molar-refractivity contribution in [3.63, 3.8) is 0 Å². The van der Waals surface area contributed by atoms with Gasteiger partial charge in [0.25, 0.3) is 11.1 Å². The van der Waals surface area contributed by atoms with E-state index in [9.17, 15) is 28.7 Å². The first kappa shape index (κ1) is 31.3. The third-order valence-corrected chi connectivity index (χ3v) is 7.16. The van der Waals surface area contributed by atoms with Crippen LogP contribution in [0.4, 0.5) is 25.0 Å². The molecule has 0 aliphatic carbocycles. The van der Waals surface area contributed by atoms with E-state index in [2.05, 4.69) is 10.3 Å². The second-order valence-electron chi connectivity index (χ2n) is 10.9. The van der Waals surface area contributed by atoms with Gasteiger partial charge >= 0.3 is 12.1 Å². The zero-order valence-corrected chi connectivity index (χ0v) is 25.5. The zero-order chi connectivity index (χ0) is 30.9. The molecule has 1 saturated heterocycles. The summed E-state index contributed by atoms with van der Waals surface area (Å²) in [5.74, 6) is -3.26. The van der Waals surface area contributed by atoms with Crippen molar-refractivity contribution in [2.45, 2.75) is 45.4 Å². The number of anilines is 2. The van der Waals surface area contributed by atoms with Crippen LogP contribution in [0.15, 0.2) is 34.1 Å². The first-order chi connectivity index (χ1) is 19.7. The largest absolute Gasteiger partial charge is 0.463 e. The van der Waals surface area contributed by atoms with E-state index in [1.165, 1.54) is 24.1 Å². The number of ether oxygens (including phenoxy) is 2. The number of aryl methyl sites for hydroxylation is 1. The van der Waals surface area contributed by atoms with E-state index < -0.39 is 64.7 Å². The van der Waals surface area contributed by atoms with Crippen LogP contribution < -0.4 is 16.4 Å². The van der Waals surface area contributed by atoms with Crippen molar-refractivity contribution in [1.29, 1.82) is 0 Å². The molecule has 226 valence electrons. The van der Waals surface area contributed by atoms with Crippen LogP contribution in [0.3, 0.4) is 0 Å². The second-order valence-corrected chi connectivity index (χ2v) is 12.1. The predicted octanol–water partition coefficient (Wildman–Crippen LogP) is 2.88. The van der Waals surface area contributed by atoms with Crippen molar-refractivity contribution >= 4 is 57.1 Å². The molecule has 3 heterocycles. The van der Waals surface area contributed by atoms with Crippen LogP contribution >= 0.6 is 22.6 Å². The van der Waals surface area contributed by atoms with Crippen molar-refractivity contribution in [3.05, 3.63) is 60.4 Å². The summed E-state index contributed by atoms with van der Waals surface area (Å²) in [5.41, 5.74) is -3.46. The van der Waals surface area contributed by atoms with E-state index in [0.717, 1.165) is 15.5 Å². The maximum Gasteiger partial charge on any atom is 0.410 e. The first-order valence-corrected chi connectivity index (χ1v) is 14.1. The van der Waals surface area contributed by atoms with Crippen LogP contribution in [0.5, 0.6) is 0 Å². The summed E-state index contributed by atoms with van der Waals surface area (Å²) in [5, 5.41) is 12.7. The van der Waals surface area contributed by atoms with Crippen LogP contribution in [-0.2, 0) is 27.9 Å². The number of likely N-dealkylation sites (tertiary alicyclic amines) is 1. The molecule has 4 rings (SSSR count).